The molecule has 0 saturated carbocycles. The molecule has 6 heteroatoms. The molecule has 2 aromatic rings. The second-order valence-corrected chi connectivity index (χ2v) is 6.38. The summed E-state index contributed by atoms with van der Waals surface area (Å²) in [5.74, 6) is -0.847. The van der Waals surface area contributed by atoms with E-state index in [1.165, 1.54) is 11.8 Å². The van der Waals surface area contributed by atoms with Crippen molar-refractivity contribution < 1.29 is 9.90 Å². The van der Waals surface area contributed by atoms with Crippen LogP contribution in [0.15, 0.2) is 17.4 Å². The van der Waals surface area contributed by atoms with Crippen LogP contribution in [0.5, 0.6) is 0 Å². The topological polar surface area (TPSA) is 68.0 Å². The molecule has 2 heterocycles. The first-order chi connectivity index (χ1) is 8.79. The van der Waals surface area contributed by atoms with E-state index in [1.807, 2.05) is 17.6 Å². The Hall–Kier alpha value is -1.56. The van der Waals surface area contributed by atoms with Gasteiger partial charge in [-0.2, -0.15) is 0 Å². The van der Waals surface area contributed by atoms with Crippen molar-refractivity contribution in [3.05, 3.63) is 17.8 Å². The van der Waals surface area contributed by atoms with Crippen LogP contribution in [0.4, 0.5) is 0 Å². The minimum absolute atomic E-state index is 0.00160. The number of thioether (sulfide) groups is 1. The molecule has 0 atom stereocenters. The van der Waals surface area contributed by atoms with Gasteiger partial charge >= 0.3 is 5.97 Å². The van der Waals surface area contributed by atoms with Crippen molar-refractivity contribution in [2.75, 3.05) is 5.75 Å². The fourth-order valence-electron chi connectivity index (χ4n) is 1.87. The summed E-state index contributed by atoms with van der Waals surface area (Å²) in [5, 5.41) is 9.51. The number of carbonyl (C=O) groups is 1. The number of aliphatic carboxylic acids is 1. The summed E-state index contributed by atoms with van der Waals surface area (Å²) in [6.07, 6.45) is 1.80. The Morgan fingerprint density at radius 1 is 1.47 bits per heavy atom. The number of carboxylic acid groups (broad SMARTS) is 1. The van der Waals surface area contributed by atoms with E-state index in [0.29, 0.717) is 5.16 Å². The first-order valence-electron chi connectivity index (χ1n) is 5.99. The fourth-order valence-corrected chi connectivity index (χ4v) is 2.78. The molecule has 0 amide bonds. The molecule has 0 aliphatic carbocycles. The molecule has 0 bridgehead atoms. The van der Waals surface area contributed by atoms with E-state index < -0.39 is 5.97 Å². The number of nitrogens with zero attached hydrogens (tertiary/aromatic N) is 3. The zero-order valence-corrected chi connectivity index (χ0v) is 12.3. The van der Waals surface area contributed by atoms with Crippen LogP contribution < -0.4 is 0 Å². The van der Waals surface area contributed by atoms with Crippen molar-refractivity contribution in [3.8, 4) is 0 Å². The molecular formula is C13H17N3O2S. The number of imidazole rings is 1. The van der Waals surface area contributed by atoms with Gasteiger partial charge < -0.3 is 5.11 Å². The molecule has 2 rings (SSSR count). The van der Waals surface area contributed by atoms with Gasteiger partial charge in [0.15, 0.2) is 10.8 Å². The molecule has 0 aliphatic rings. The molecule has 0 saturated heterocycles. The van der Waals surface area contributed by atoms with Crippen LogP contribution in [0.2, 0.25) is 0 Å². The Kier molecular flexibility index (Phi) is 3.54. The maximum atomic E-state index is 10.7. The monoisotopic (exact) mass is 279 g/mol. The minimum atomic E-state index is -0.846. The number of hydrogen-bond acceptors (Lipinski definition) is 4. The minimum Gasteiger partial charge on any atom is -0.481 e. The molecule has 0 unspecified atom stereocenters. The molecule has 102 valence electrons. The van der Waals surface area contributed by atoms with Crippen LogP contribution in [0.25, 0.3) is 11.2 Å². The summed E-state index contributed by atoms with van der Waals surface area (Å²) in [7, 11) is 0. The Labute approximate surface area is 116 Å². The van der Waals surface area contributed by atoms with E-state index in [4.69, 9.17) is 5.11 Å². The van der Waals surface area contributed by atoms with Crippen LogP contribution in [0.1, 0.15) is 26.3 Å². The second-order valence-electron chi connectivity index (χ2n) is 5.44. The predicted molar refractivity (Wildman–Crippen MR) is 75.6 cm³/mol. The number of aryl methyl sites for hydroxylation is 1. The number of hydrogen-bond donors (Lipinski definition) is 1. The molecule has 1 N–H and O–H groups in total. The van der Waals surface area contributed by atoms with Crippen molar-refractivity contribution in [2.24, 2.45) is 0 Å². The molecule has 0 fully saturated rings. The number of fused-ring (bicyclic) bond motifs is 1. The summed E-state index contributed by atoms with van der Waals surface area (Å²) < 4.78 is 2.00. The van der Waals surface area contributed by atoms with Crippen molar-refractivity contribution in [3.63, 3.8) is 0 Å². The third-order valence-corrected chi connectivity index (χ3v) is 3.52. The van der Waals surface area contributed by atoms with Crippen LogP contribution >= 0.6 is 11.8 Å². The van der Waals surface area contributed by atoms with Gasteiger partial charge in [0.1, 0.15) is 5.52 Å². The van der Waals surface area contributed by atoms with Gasteiger partial charge in [-0.05, 0) is 39.3 Å². The van der Waals surface area contributed by atoms with Crippen LogP contribution in [0, 0.1) is 6.92 Å². The average Bonchev–Trinajstić information content (AvgIpc) is 2.63. The Balaban J connectivity index is 2.58. The lowest BCUT2D eigenvalue weighted by molar-refractivity contribution is -0.133. The summed E-state index contributed by atoms with van der Waals surface area (Å²) in [4.78, 5) is 19.7. The van der Waals surface area contributed by atoms with Gasteiger partial charge in [-0.3, -0.25) is 9.36 Å². The number of pyridine rings is 1. The van der Waals surface area contributed by atoms with Crippen LogP contribution in [-0.4, -0.2) is 31.4 Å². The Morgan fingerprint density at radius 2 is 2.16 bits per heavy atom. The smallest absolute Gasteiger partial charge is 0.313 e. The van der Waals surface area contributed by atoms with Crippen molar-refractivity contribution in [1.82, 2.24) is 14.5 Å². The zero-order chi connectivity index (χ0) is 14.2. The highest BCUT2D eigenvalue weighted by molar-refractivity contribution is 7.99. The van der Waals surface area contributed by atoms with Gasteiger partial charge in [-0.25, -0.2) is 9.97 Å². The Bertz CT molecular complexity index is 629. The summed E-state index contributed by atoms with van der Waals surface area (Å²) in [6, 6.07) is 1.97. The summed E-state index contributed by atoms with van der Waals surface area (Å²) in [5.41, 5.74) is 2.45. The fraction of sp³-hybridized carbons (Fsp3) is 0.462. The van der Waals surface area contributed by atoms with Gasteiger partial charge in [0, 0.05) is 11.7 Å². The molecule has 0 radical (unpaired) electrons. The first kappa shape index (κ1) is 13.9. The van der Waals surface area contributed by atoms with E-state index in [0.717, 1.165) is 16.7 Å². The molecule has 5 nitrogen and oxygen atoms in total. The molecule has 0 aromatic carbocycles. The third-order valence-electron chi connectivity index (χ3n) is 2.60. The molecular weight excluding hydrogens is 262 g/mol. The predicted octanol–water partition coefficient (Wildman–Crippen LogP) is 2.67. The van der Waals surface area contributed by atoms with E-state index in [-0.39, 0.29) is 11.3 Å². The van der Waals surface area contributed by atoms with E-state index in [2.05, 4.69) is 30.7 Å². The highest BCUT2D eigenvalue weighted by Crippen LogP contribution is 2.29. The molecule has 19 heavy (non-hydrogen) atoms. The Morgan fingerprint density at radius 3 is 2.74 bits per heavy atom. The normalized spacial score (nSPS) is 12.0. The maximum absolute atomic E-state index is 10.7. The maximum Gasteiger partial charge on any atom is 0.313 e. The van der Waals surface area contributed by atoms with Crippen molar-refractivity contribution in [2.45, 2.75) is 38.4 Å². The average molecular weight is 279 g/mol. The lowest BCUT2D eigenvalue weighted by atomic mass is 10.1. The highest BCUT2D eigenvalue weighted by Gasteiger charge is 2.23. The zero-order valence-electron chi connectivity index (χ0n) is 11.5. The highest BCUT2D eigenvalue weighted by atomic mass is 32.2. The van der Waals surface area contributed by atoms with Gasteiger partial charge in [-0.1, -0.05) is 11.8 Å². The first-order valence-corrected chi connectivity index (χ1v) is 6.98. The van der Waals surface area contributed by atoms with E-state index in [9.17, 15) is 4.79 Å². The summed E-state index contributed by atoms with van der Waals surface area (Å²) in [6.45, 7) is 8.13. The van der Waals surface area contributed by atoms with Crippen LogP contribution in [-0.2, 0) is 10.3 Å². The van der Waals surface area contributed by atoms with E-state index in [1.54, 1.807) is 6.20 Å². The van der Waals surface area contributed by atoms with Crippen molar-refractivity contribution in [1.29, 1.82) is 0 Å². The number of aromatic nitrogens is 3. The lowest BCUT2D eigenvalue weighted by Gasteiger charge is -2.23. The SMILES string of the molecule is Cc1cnc2c(c1)nc(SCC(=O)O)n2C(C)(C)C. The van der Waals surface area contributed by atoms with Gasteiger partial charge in [0.05, 0.1) is 5.75 Å². The van der Waals surface area contributed by atoms with Gasteiger partial charge in [0.25, 0.3) is 0 Å². The van der Waals surface area contributed by atoms with Gasteiger partial charge in [0.2, 0.25) is 0 Å². The quantitative estimate of drug-likeness (QED) is 0.875. The number of rotatable bonds is 3. The van der Waals surface area contributed by atoms with E-state index >= 15 is 0 Å². The molecule has 0 aliphatic heterocycles. The van der Waals surface area contributed by atoms with Gasteiger partial charge in [-0.15, -0.1) is 0 Å². The second kappa shape index (κ2) is 4.85. The third kappa shape index (κ3) is 2.89. The summed E-state index contributed by atoms with van der Waals surface area (Å²) >= 11 is 1.23. The van der Waals surface area contributed by atoms with Crippen molar-refractivity contribution >= 4 is 28.9 Å². The largest absolute Gasteiger partial charge is 0.481 e. The number of carboxylic acids is 1. The molecule has 0 spiro atoms. The lowest BCUT2D eigenvalue weighted by Crippen LogP contribution is -2.23. The standard InChI is InChI=1S/C13H17N3O2S/c1-8-5-9-11(14-6-8)16(13(2,3)4)12(15-9)19-7-10(17)18/h5-6H,7H2,1-4H3,(H,17,18). The molecule has 2 aromatic heterocycles. The van der Waals surface area contributed by atoms with Crippen LogP contribution in [0.3, 0.4) is 0 Å².